The molecule has 0 unspecified atom stereocenters. The van der Waals surface area contributed by atoms with E-state index < -0.39 is 21.3 Å². The van der Waals surface area contributed by atoms with Gasteiger partial charge >= 0.3 is 101 Å². The van der Waals surface area contributed by atoms with Gasteiger partial charge in [0.25, 0.3) is 0 Å². The molecule has 0 atom stereocenters. The summed E-state index contributed by atoms with van der Waals surface area (Å²) in [4.78, 5) is 0. The summed E-state index contributed by atoms with van der Waals surface area (Å²) in [7, 11) is 0. The van der Waals surface area contributed by atoms with Gasteiger partial charge in [0.1, 0.15) is 0 Å². The van der Waals surface area contributed by atoms with Gasteiger partial charge in [0.15, 0.2) is 0 Å². The van der Waals surface area contributed by atoms with Crippen molar-refractivity contribution in [3.05, 3.63) is 41.5 Å². The van der Waals surface area contributed by atoms with Crippen LogP contribution in [0.15, 0.2) is 41.5 Å². The molecule has 0 radical (unpaired) electrons. The maximum atomic E-state index is 4.54. The maximum absolute atomic E-state index is 4.54. The number of halogens is 2. The zero-order valence-electron chi connectivity index (χ0n) is 10.7. The molecule has 0 N–H and O–H groups in total. The summed E-state index contributed by atoms with van der Waals surface area (Å²) in [6.07, 6.45) is 9.30. The molecular formula is C14H20Cl2Zr. The van der Waals surface area contributed by atoms with E-state index in [2.05, 4.69) is 43.2 Å². The second kappa shape index (κ2) is 7.02. The topological polar surface area (TPSA) is 0 Å². The Bertz CT molecular complexity index is 451. The second-order valence-electron chi connectivity index (χ2n) is 4.58. The third-order valence-corrected chi connectivity index (χ3v) is 9.75. The minimum absolute atomic E-state index is 0. The average Bonchev–Trinajstić information content (AvgIpc) is 2.71. The fraction of sp³-hybridized carbons (Fsp3) is 0.357. The first-order valence-corrected chi connectivity index (χ1v) is 9.72. The fourth-order valence-electron chi connectivity index (χ4n) is 2.43. The first-order valence-electron chi connectivity index (χ1n) is 5.52. The van der Waals surface area contributed by atoms with Gasteiger partial charge in [0.05, 0.1) is 0 Å². The molecule has 2 rings (SSSR count). The Morgan fingerprint density at radius 3 is 2.12 bits per heavy atom. The first kappa shape index (κ1) is 17.3. The summed E-state index contributed by atoms with van der Waals surface area (Å²) >= 11 is -1.67. The summed E-state index contributed by atoms with van der Waals surface area (Å²) in [6.45, 7) is 6.74. The molecule has 0 amide bonds. The Kier molecular flexibility index (Phi) is 7.14. The van der Waals surface area contributed by atoms with Crippen molar-refractivity contribution in [1.29, 1.82) is 0 Å². The van der Waals surface area contributed by atoms with Gasteiger partial charge in [-0.1, -0.05) is 0 Å². The van der Waals surface area contributed by atoms with Crippen molar-refractivity contribution in [2.45, 2.75) is 33.6 Å². The zero-order chi connectivity index (χ0) is 11.0. The Morgan fingerprint density at radius 1 is 1.06 bits per heavy atom. The minimum atomic E-state index is -1.67. The van der Waals surface area contributed by atoms with Crippen molar-refractivity contribution >= 4 is 29.0 Å². The molecule has 17 heavy (non-hydrogen) atoms. The van der Waals surface area contributed by atoms with Gasteiger partial charge in [-0.15, -0.1) is 24.8 Å². The molecule has 0 bridgehead atoms. The van der Waals surface area contributed by atoms with Crippen LogP contribution in [0.5, 0.6) is 0 Å². The Morgan fingerprint density at radius 2 is 1.71 bits per heavy atom. The Labute approximate surface area is 125 Å². The predicted molar refractivity (Wildman–Crippen MR) is 79.1 cm³/mol. The van der Waals surface area contributed by atoms with Gasteiger partial charge in [-0.05, 0) is 0 Å². The Hall–Kier alpha value is 0.293. The van der Waals surface area contributed by atoms with Gasteiger partial charge in [-0.2, -0.15) is 0 Å². The van der Waals surface area contributed by atoms with Crippen molar-refractivity contribution in [3.8, 4) is 0 Å². The van der Waals surface area contributed by atoms with Gasteiger partial charge in [0.2, 0.25) is 0 Å². The molecule has 0 nitrogen and oxygen atoms in total. The van der Waals surface area contributed by atoms with E-state index in [4.69, 9.17) is 0 Å². The van der Waals surface area contributed by atoms with E-state index in [1.54, 1.807) is 6.56 Å². The molecule has 0 aromatic rings. The van der Waals surface area contributed by atoms with Crippen LogP contribution in [0.1, 0.15) is 33.6 Å². The predicted octanol–water partition coefficient (Wildman–Crippen LogP) is 4.74. The monoisotopic (exact) mass is 348 g/mol. The van der Waals surface area contributed by atoms with E-state index in [0.717, 1.165) is 0 Å². The molecule has 0 aliphatic heterocycles. The first-order chi connectivity index (χ1) is 7.09. The van der Waals surface area contributed by atoms with Gasteiger partial charge in [-0.25, -0.2) is 0 Å². The Balaban J connectivity index is 0.00000128. The van der Waals surface area contributed by atoms with Crippen LogP contribution in [-0.4, -0.2) is 4.21 Å². The van der Waals surface area contributed by atoms with Gasteiger partial charge < -0.3 is 0 Å². The van der Waals surface area contributed by atoms with Crippen LogP contribution in [0.25, 0.3) is 0 Å². The molecule has 0 aromatic heterocycles. The van der Waals surface area contributed by atoms with Crippen LogP contribution in [0.4, 0.5) is 0 Å². The van der Waals surface area contributed by atoms with Crippen molar-refractivity contribution in [2.75, 3.05) is 0 Å². The zero-order valence-corrected chi connectivity index (χ0v) is 14.8. The number of hydrogen-bond donors (Lipinski definition) is 0. The SMILES string of the molecule is Cl.Cl.[CH2]=[Zr]([C]1=C(C)C=CC1)[C]1=C(C)C=C(C)C1. The molecule has 0 heterocycles. The third-order valence-electron chi connectivity index (χ3n) is 3.29. The van der Waals surface area contributed by atoms with E-state index in [-0.39, 0.29) is 24.8 Å². The quantitative estimate of drug-likeness (QED) is 0.675. The van der Waals surface area contributed by atoms with E-state index in [1.165, 1.54) is 29.6 Å². The third kappa shape index (κ3) is 3.63. The molecule has 0 saturated carbocycles. The van der Waals surface area contributed by atoms with Crippen LogP contribution >= 0.6 is 24.8 Å². The summed E-state index contributed by atoms with van der Waals surface area (Å²) in [5, 5.41) is 0. The van der Waals surface area contributed by atoms with Crippen LogP contribution in [0.3, 0.4) is 0 Å². The van der Waals surface area contributed by atoms with E-state index >= 15 is 0 Å². The fourth-order valence-corrected chi connectivity index (χ4v) is 8.15. The molecule has 0 aromatic carbocycles. The van der Waals surface area contributed by atoms with Crippen LogP contribution in [0, 0.1) is 0 Å². The number of rotatable bonds is 2. The van der Waals surface area contributed by atoms with Crippen molar-refractivity contribution in [3.63, 3.8) is 0 Å². The van der Waals surface area contributed by atoms with Crippen molar-refractivity contribution < 1.29 is 21.3 Å². The van der Waals surface area contributed by atoms with Crippen LogP contribution in [0.2, 0.25) is 0 Å². The van der Waals surface area contributed by atoms with Crippen molar-refractivity contribution in [2.24, 2.45) is 0 Å². The van der Waals surface area contributed by atoms with E-state index in [0.29, 0.717) is 0 Å². The summed E-state index contributed by atoms with van der Waals surface area (Å²) in [5.41, 5.74) is 4.54. The summed E-state index contributed by atoms with van der Waals surface area (Å²) in [5.74, 6) is 0. The molecule has 0 saturated heterocycles. The average molecular weight is 350 g/mol. The normalized spacial score (nSPS) is 17.9. The summed E-state index contributed by atoms with van der Waals surface area (Å²) in [6, 6.07) is 0. The molecule has 3 heteroatoms. The number of allylic oxidation sites excluding steroid dienone is 8. The van der Waals surface area contributed by atoms with Crippen LogP contribution < -0.4 is 0 Å². The summed E-state index contributed by atoms with van der Waals surface area (Å²) < 4.78 is 7.96. The van der Waals surface area contributed by atoms with Crippen LogP contribution in [-0.2, 0) is 21.3 Å². The molecule has 0 spiro atoms. The van der Waals surface area contributed by atoms with E-state index in [1.807, 2.05) is 0 Å². The van der Waals surface area contributed by atoms with Crippen molar-refractivity contribution in [1.82, 2.24) is 0 Å². The van der Waals surface area contributed by atoms with Gasteiger partial charge in [-0.3, -0.25) is 0 Å². The molecule has 94 valence electrons. The molecule has 0 fully saturated rings. The molecule has 2 aliphatic carbocycles. The van der Waals surface area contributed by atoms with E-state index in [9.17, 15) is 0 Å². The number of hydrogen-bond acceptors (Lipinski definition) is 0. The molecule has 2 aliphatic rings. The second-order valence-corrected chi connectivity index (χ2v) is 9.90. The van der Waals surface area contributed by atoms with Gasteiger partial charge in [0, 0.05) is 0 Å². The molecular weight excluding hydrogens is 330 g/mol. The standard InChI is InChI=1S/C7H9.C6H7.CH2.2ClH.Zr/c1-6-3-4-7(2)5-6;1-6-4-2-3-5-6;;;;/h5H,3H2,1-2H3;2,4H,3H2,1H3;1H2;2*1H;.